The van der Waals surface area contributed by atoms with E-state index in [0.29, 0.717) is 17.7 Å². The van der Waals surface area contributed by atoms with Gasteiger partial charge in [0.2, 0.25) is 0 Å². The van der Waals surface area contributed by atoms with Crippen molar-refractivity contribution in [3.05, 3.63) is 71.4 Å². The second-order valence-electron chi connectivity index (χ2n) is 7.52. The van der Waals surface area contributed by atoms with Gasteiger partial charge >= 0.3 is 0 Å². The molecule has 2 aromatic heterocycles. The number of benzene rings is 1. The van der Waals surface area contributed by atoms with E-state index in [9.17, 15) is 13.9 Å². The largest absolute Gasteiger partial charge is 0.396 e. The van der Waals surface area contributed by atoms with Crippen LogP contribution in [0.2, 0.25) is 0 Å². The van der Waals surface area contributed by atoms with Crippen LogP contribution in [0.25, 0.3) is 0 Å². The maximum atomic E-state index is 13.7. The van der Waals surface area contributed by atoms with E-state index in [-0.39, 0.29) is 12.5 Å². The van der Waals surface area contributed by atoms with Gasteiger partial charge in [0.1, 0.15) is 22.5 Å². The van der Waals surface area contributed by atoms with Gasteiger partial charge in [0.15, 0.2) is 0 Å². The highest BCUT2D eigenvalue weighted by Gasteiger charge is 2.20. The molecule has 0 spiro atoms. The molecule has 160 valence electrons. The number of aromatic nitrogens is 3. The highest BCUT2D eigenvalue weighted by molar-refractivity contribution is 7.99. The Bertz CT molecular complexity index is 940. The number of nitrogens with zero attached hydrogens (tertiary/aromatic N) is 3. The first-order valence-corrected chi connectivity index (χ1v) is 11.0. The first-order valence-electron chi connectivity index (χ1n) is 10.2. The van der Waals surface area contributed by atoms with Crippen molar-refractivity contribution in [3.63, 3.8) is 0 Å². The van der Waals surface area contributed by atoms with Crippen LogP contribution in [0.3, 0.4) is 0 Å². The van der Waals surface area contributed by atoms with E-state index in [1.54, 1.807) is 12.4 Å². The number of hydrogen-bond donors (Lipinski definition) is 1. The Morgan fingerprint density at radius 3 is 2.37 bits per heavy atom. The summed E-state index contributed by atoms with van der Waals surface area (Å²) < 4.78 is 29.6. The smallest absolute Gasteiger partial charge is 0.127 e. The molecule has 3 aromatic rings. The lowest BCUT2D eigenvalue weighted by atomic mass is 10.1. The summed E-state index contributed by atoms with van der Waals surface area (Å²) in [6.07, 6.45) is 6.65. The van der Waals surface area contributed by atoms with E-state index in [2.05, 4.69) is 23.4 Å². The summed E-state index contributed by atoms with van der Waals surface area (Å²) in [4.78, 5) is 9.41. The van der Waals surface area contributed by atoms with Gasteiger partial charge in [-0.3, -0.25) is 4.98 Å². The molecule has 7 heteroatoms. The average molecular weight is 432 g/mol. The van der Waals surface area contributed by atoms with Gasteiger partial charge in [0, 0.05) is 42.9 Å². The number of aliphatic hydroxyl groups is 1. The quantitative estimate of drug-likeness (QED) is 0.468. The zero-order chi connectivity index (χ0) is 21.5. The lowest BCUT2D eigenvalue weighted by Crippen LogP contribution is -2.07. The Morgan fingerprint density at radius 2 is 1.73 bits per heavy atom. The van der Waals surface area contributed by atoms with E-state index in [1.807, 2.05) is 12.1 Å². The molecule has 0 radical (unpaired) electrons. The summed E-state index contributed by atoms with van der Waals surface area (Å²) in [5.74, 6) is -0.109. The molecular weight excluding hydrogens is 404 g/mol. The van der Waals surface area contributed by atoms with Crippen LogP contribution >= 0.6 is 11.8 Å². The number of hydrogen-bond acceptors (Lipinski definition) is 4. The minimum atomic E-state index is -0.590. The van der Waals surface area contributed by atoms with Crippen LogP contribution in [0.15, 0.2) is 52.6 Å². The molecule has 0 amide bonds. The number of aliphatic hydroxyl groups excluding tert-OH is 1. The van der Waals surface area contributed by atoms with Crippen LogP contribution < -0.4 is 0 Å². The van der Waals surface area contributed by atoms with E-state index < -0.39 is 11.6 Å². The first-order chi connectivity index (χ1) is 14.5. The normalized spacial score (nSPS) is 11.4. The van der Waals surface area contributed by atoms with Gasteiger partial charge in [-0.05, 0) is 55.0 Å². The van der Waals surface area contributed by atoms with Crippen LogP contribution in [0.1, 0.15) is 49.7 Å². The van der Waals surface area contributed by atoms with Crippen molar-refractivity contribution in [2.45, 2.75) is 61.9 Å². The number of rotatable bonds is 10. The summed E-state index contributed by atoms with van der Waals surface area (Å²) in [6.45, 7) is 4.97. The highest BCUT2D eigenvalue weighted by atomic mass is 32.2. The molecule has 1 aromatic carbocycles. The Hall–Kier alpha value is -2.25. The van der Waals surface area contributed by atoms with Crippen molar-refractivity contribution in [1.82, 2.24) is 14.5 Å². The molecule has 0 fully saturated rings. The molecular formula is C23H27F2N3OS. The third-order valence-electron chi connectivity index (χ3n) is 4.78. The fourth-order valence-corrected chi connectivity index (χ4v) is 4.59. The minimum absolute atomic E-state index is 0.0957. The Labute approximate surface area is 180 Å². The van der Waals surface area contributed by atoms with Gasteiger partial charge in [0.05, 0.1) is 5.69 Å². The Morgan fingerprint density at radius 1 is 1.03 bits per heavy atom. The summed E-state index contributed by atoms with van der Waals surface area (Å²) in [5.41, 5.74) is 2.13. The fourth-order valence-electron chi connectivity index (χ4n) is 3.33. The second-order valence-corrected chi connectivity index (χ2v) is 8.58. The van der Waals surface area contributed by atoms with E-state index >= 15 is 0 Å². The van der Waals surface area contributed by atoms with Crippen LogP contribution in [0, 0.1) is 11.6 Å². The first kappa shape index (κ1) is 22.4. The van der Waals surface area contributed by atoms with E-state index in [4.69, 9.17) is 4.98 Å². The third-order valence-corrected chi connectivity index (χ3v) is 5.87. The summed E-state index contributed by atoms with van der Waals surface area (Å²) in [5, 5.41) is 10.2. The van der Waals surface area contributed by atoms with Crippen molar-refractivity contribution in [2.24, 2.45) is 0 Å². The van der Waals surface area contributed by atoms with Gasteiger partial charge in [-0.15, -0.1) is 0 Å². The Balaban J connectivity index is 1.91. The number of halogens is 2. The second kappa shape index (κ2) is 10.7. The van der Waals surface area contributed by atoms with Crippen LogP contribution in [-0.4, -0.2) is 26.2 Å². The molecule has 0 saturated carbocycles. The minimum Gasteiger partial charge on any atom is -0.396 e. The summed E-state index contributed by atoms with van der Waals surface area (Å²) >= 11 is 1.35. The van der Waals surface area contributed by atoms with Gasteiger partial charge in [-0.2, -0.15) is 0 Å². The zero-order valence-electron chi connectivity index (χ0n) is 17.3. The highest BCUT2D eigenvalue weighted by Crippen LogP contribution is 2.36. The zero-order valence-corrected chi connectivity index (χ0v) is 18.1. The van der Waals surface area contributed by atoms with Crippen molar-refractivity contribution in [3.8, 4) is 0 Å². The van der Waals surface area contributed by atoms with Crippen molar-refractivity contribution in [1.29, 1.82) is 0 Å². The molecule has 0 unspecified atom stereocenters. The van der Waals surface area contributed by atoms with E-state index in [1.165, 1.54) is 29.5 Å². The topological polar surface area (TPSA) is 50.9 Å². The monoisotopic (exact) mass is 431 g/mol. The Kier molecular flexibility index (Phi) is 7.99. The number of aryl methyl sites for hydroxylation is 2. The van der Waals surface area contributed by atoms with Crippen LogP contribution in [0.4, 0.5) is 8.78 Å². The molecule has 4 nitrogen and oxygen atoms in total. The van der Waals surface area contributed by atoms with Gasteiger partial charge < -0.3 is 9.67 Å². The molecule has 1 N–H and O–H groups in total. The predicted molar refractivity (Wildman–Crippen MR) is 115 cm³/mol. The van der Waals surface area contributed by atoms with Gasteiger partial charge in [0.25, 0.3) is 0 Å². The average Bonchev–Trinajstić information content (AvgIpc) is 3.04. The standard InChI is InChI=1S/C23H27F2N3OS/c1-16(2)22-23(30-20-14-18(24)13-19(25)15-20)28(21(27-22)6-4-12-29)11-3-5-17-7-9-26-10-8-17/h7-10,13-16,29H,3-6,11-12H2,1-2H3. The molecule has 0 aliphatic rings. The number of pyridine rings is 1. The van der Waals surface area contributed by atoms with Crippen molar-refractivity contribution < 1.29 is 13.9 Å². The van der Waals surface area contributed by atoms with Crippen LogP contribution in [0.5, 0.6) is 0 Å². The lowest BCUT2D eigenvalue weighted by Gasteiger charge is -2.14. The van der Waals surface area contributed by atoms with Crippen LogP contribution in [-0.2, 0) is 19.4 Å². The SMILES string of the molecule is CC(C)c1nc(CCCO)n(CCCc2ccncc2)c1Sc1cc(F)cc(F)c1. The lowest BCUT2D eigenvalue weighted by molar-refractivity contribution is 0.286. The van der Waals surface area contributed by atoms with Crippen molar-refractivity contribution in [2.75, 3.05) is 6.61 Å². The molecule has 30 heavy (non-hydrogen) atoms. The molecule has 0 bridgehead atoms. The van der Waals surface area contributed by atoms with Crippen molar-refractivity contribution >= 4 is 11.8 Å². The molecule has 2 heterocycles. The molecule has 0 saturated heterocycles. The summed E-state index contributed by atoms with van der Waals surface area (Å²) in [6, 6.07) is 7.59. The molecule has 3 rings (SSSR count). The maximum Gasteiger partial charge on any atom is 0.127 e. The fraction of sp³-hybridized carbons (Fsp3) is 0.391. The molecule has 0 atom stereocenters. The maximum absolute atomic E-state index is 13.7. The van der Waals surface area contributed by atoms with Gasteiger partial charge in [-0.25, -0.2) is 13.8 Å². The molecule has 0 aliphatic heterocycles. The summed E-state index contributed by atoms with van der Waals surface area (Å²) in [7, 11) is 0. The molecule has 0 aliphatic carbocycles. The number of imidazole rings is 1. The van der Waals surface area contributed by atoms with Gasteiger partial charge in [-0.1, -0.05) is 25.6 Å². The third kappa shape index (κ3) is 5.89. The predicted octanol–water partition coefficient (Wildman–Crippen LogP) is 5.39. The van der Waals surface area contributed by atoms with E-state index in [0.717, 1.165) is 42.0 Å².